The van der Waals surface area contributed by atoms with Gasteiger partial charge >= 0.3 is 0 Å². The van der Waals surface area contributed by atoms with Gasteiger partial charge in [-0.1, -0.05) is 54.1 Å². The normalized spacial score (nSPS) is 12.3. The first-order valence-corrected chi connectivity index (χ1v) is 6.31. The zero-order valence-electron chi connectivity index (χ0n) is 10.0. The van der Waals surface area contributed by atoms with Gasteiger partial charge in [-0.25, -0.2) is 0 Å². The smallest absolute Gasteiger partial charge is 0.0626 e. The molecule has 0 aromatic heterocycles. The minimum Gasteiger partial charge on any atom is -0.394 e. The van der Waals surface area contributed by atoms with Gasteiger partial charge in [0.1, 0.15) is 0 Å². The van der Waals surface area contributed by atoms with E-state index in [2.05, 4.69) is 17.4 Å². The molecule has 94 valence electrons. The van der Waals surface area contributed by atoms with E-state index in [1.165, 1.54) is 5.56 Å². The first-order valence-electron chi connectivity index (χ1n) is 5.93. The maximum atomic E-state index is 9.44. The molecule has 0 bridgehead atoms. The number of hydrogen-bond donors (Lipinski definition) is 2. The van der Waals surface area contributed by atoms with Crippen molar-refractivity contribution in [1.82, 2.24) is 5.32 Å². The molecule has 3 heteroatoms. The highest BCUT2D eigenvalue weighted by Crippen LogP contribution is 2.17. The van der Waals surface area contributed by atoms with Crippen molar-refractivity contribution in [3.05, 3.63) is 70.7 Å². The molecule has 0 aliphatic heterocycles. The molecule has 1 unspecified atom stereocenters. The van der Waals surface area contributed by atoms with E-state index in [0.29, 0.717) is 5.02 Å². The van der Waals surface area contributed by atoms with E-state index in [4.69, 9.17) is 11.6 Å². The maximum absolute atomic E-state index is 9.44. The number of nitrogens with one attached hydrogen (secondary N) is 1. The highest BCUT2D eigenvalue weighted by Gasteiger charge is 2.09. The van der Waals surface area contributed by atoms with Crippen LogP contribution < -0.4 is 5.32 Å². The van der Waals surface area contributed by atoms with E-state index in [9.17, 15) is 5.11 Å². The summed E-state index contributed by atoms with van der Waals surface area (Å²) in [5.41, 5.74) is 2.19. The van der Waals surface area contributed by atoms with Crippen LogP contribution in [0.1, 0.15) is 17.2 Å². The Labute approximate surface area is 112 Å². The molecule has 0 saturated carbocycles. The fourth-order valence-corrected chi connectivity index (χ4v) is 2.05. The third kappa shape index (κ3) is 3.57. The molecule has 18 heavy (non-hydrogen) atoms. The Kier molecular flexibility index (Phi) is 4.76. The summed E-state index contributed by atoms with van der Waals surface area (Å²) >= 11 is 5.95. The van der Waals surface area contributed by atoms with Gasteiger partial charge in [0.25, 0.3) is 0 Å². The summed E-state index contributed by atoms with van der Waals surface area (Å²) in [6.45, 7) is 0.770. The van der Waals surface area contributed by atoms with E-state index >= 15 is 0 Å². The van der Waals surface area contributed by atoms with Gasteiger partial charge in [-0.2, -0.15) is 0 Å². The SMILES string of the molecule is OCC(NCc1ccccc1)c1cccc(Cl)c1. The van der Waals surface area contributed by atoms with Gasteiger partial charge in [0, 0.05) is 11.6 Å². The van der Waals surface area contributed by atoms with Gasteiger partial charge in [0.2, 0.25) is 0 Å². The zero-order chi connectivity index (χ0) is 12.8. The quantitative estimate of drug-likeness (QED) is 0.867. The lowest BCUT2D eigenvalue weighted by atomic mass is 10.1. The molecule has 0 fully saturated rings. The number of hydrogen-bond acceptors (Lipinski definition) is 2. The average Bonchev–Trinajstić information content (AvgIpc) is 2.41. The summed E-state index contributed by atoms with van der Waals surface area (Å²) in [5, 5.41) is 13.5. The number of rotatable bonds is 5. The Bertz CT molecular complexity index is 487. The lowest BCUT2D eigenvalue weighted by Crippen LogP contribution is -2.23. The molecule has 2 N–H and O–H groups in total. The molecule has 0 amide bonds. The van der Waals surface area contributed by atoms with Crippen LogP contribution in [0.4, 0.5) is 0 Å². The van der Waals surface area contributed by atoms with Crippen molar-refractivity contribution in [2.75, 3.05) is 6.61 Å². The molecule has 2 aromatic carbocycles. The number of aliphatic hydroxyl groups is 1. The second-order valence-electron chi connectivity index (χ2n) is 4.16. The van der Waals surface area contributed by atoms with Gasteiger partial charge in [0.05, 0.1) is 12.6 Å². The van der Waals surface area contributed by atoms with E-state index in [1.54, 1.807) is 0 Å². The molecule has 0 aliphatic rings. The second kappa shape index (κ2) is 6.55. The molecular formula is C15H16ClNO. The van der Waals surface area contributed by atoms with Gasteiger partial charge in [-0.3, -0.25) is 0 Å². The molecule has 2 nitrogen and oxygen atoms in total. The first kappa shape index (κ1) is 13.1. The number of halogens is 1. The third-order valence-corrected chi connectivity index (χ3v) is 3.06. The van der Waals surface area contributed by atoms with E-state index in [-0.39, 0.29) is 12.6 Å². The van der Waals surface area contributed by atoms with Crippen molar-refractivity contribution in [1.29, 1.82) is 0 Å². The van der Waals surface area contributed by atoms with Crippen molar-refractivity contribution >= 4 is 11.6 Å². The minimum atomic E-state index is -0.0936. The van der Waals surface area contributed by atoms with Crippen LogP contribution in [0.2, 0.25) is 5.02 Å². The molecule has 0 heterocycles. The minimum absolute atomic E-state index is 0.0488. The monoisotopic (exact) mass is 261 g/mol. The number of aliphatic hydroxyl groups excluding tert-OH is 1. The third-order valence-electron chi connectivity index (χ3n) is 2.83. The lowest BCUT2D eigenvalue weighted by molar-refractivity contribution is 0.243. The van der Waals surface area contributed by atoms with Crippen LogP contribution in [0.25, 0.3) is 0 Å². The van der Waals surface area contributed by atoms with Crippen molar-refractivity contribution in [3.8, 4) is 0 Å². The molecule has 2 rings (SSSR count). The standard InChI is InChI=1S/C15H16ClNO/c16-14-8-4-7-13(9-14)15(11-18)17-10-12-5-2-1-3-6-12/h1-9,15,17-18H,10-11H2. The summed E-state index contributed by atoms with van der Waals surface area (Å²) in [6.07, 6.45) is 0. The predicted octanol–water partition coefficient (Wildman–Crippen LogP) is 3.16. The summed E-state index contributed by atoms with van der Waals surface area (Å²) < 4.78 is 0. The molecule has 1 atom stereocenters. The fraction of sp³-hybridized carbons (Fsp3) is 0.200. The molecule has 0 spiro atoms. The highest BCUT2D eigenvalue weighted by molar-refractivity contribution is 6.30. The van der Waals surface area contributed by atoms with Crippen LogP contribution in [0.3, 0.4) is 0 Å². The van der Waals surface area contributed by atoms with Crippen LogP contribution in [-0.4, -0.2) is 11.7 Å². The predicted molar refractivity (Wildman–Crippen MR) is 74.6 cm³/mol. The second-order valence-corrected chi connectivity index (χ2v) is 4.59. The Morgan fingerprint density at radius 2 is 1.83 bits per heavy atom. The fourth-order valence-electron chi connectivity index (χ4n) is 1.85. The molecule has 0 aliphatic carbocycles. The van der Waals surface area contributed by atoms with E-state index in [0.717, 1.165) is 12.1 Å². The summed E-state index contributed by atoms with van der Waals surface area (Å²) in [4.78, 5) is 0. The van der Waals surface area contributed by atoms with Crippen molar-refractivity contribution in [3.63, 3.8) is 0 Å². The van der Waals surface area contributed by atoms with Crippen LogP contribution in [0.15, 0.2) is 54.6 Å². The van der Waals surface area contributed by atoms with E-state index < -0.39 is 0 Å². The van der Waals surface area contributed by atoms with Crippen LogP contribution >= 0.6 is 11.6 Å². The van der Waals surface area contributed by atoms with E-state index in [1.807, 2.05) is 42.5 Å². The average molecular weight is 262 g/mol. The van der Waals surface area contributed by atoms with Crippen molar-refractivity contribution in [2.45, 2.75) is 12.6 Å². The lowest BCUT2D eigenvalue weighted by Gasteiger charge is -2.17. The topological polar surface area (TPSA) is 32.3 Å². The molecule has 2 aromatic rings. The zero-order valence-corrected chi connectivity index (χ0v) is 10.8. The van der Waals surface area contributed by atoms with Gasteiger partial charge in [0.15, 0.2) is 0 Å². The largest absolute Gasteiger partial charge is 0.394 e. The molecule has 0 saturated heterocycles. The highest BCUT2D eigenvalue weighted by atomic mass is 35.5. The number of benzene rings is 2. The Balaban J connectivity index is 2.02. The Morgan fingerprint density at radius 3 is 2.50 bits per heavy atom. The van der Waals surface area contributed by atoms with Crippen LogP contribution in [-0.2, 0) is 6.54 Å². The summed E-state index contributed by atoms with van der Waals surface area (Å²) in [5.74, 6) is 0. The van der Waals surface area contributed by atoms with Crippen LogP contribution in [0, 0.1) is 0 Å². The first-order chi connectivity index (χ1) is 8.79. The summed E-state index contributed by atoms with van der Waals surface area (Å²) in [6, 6.07) is 17.6. The van der Waals surface area contributed by atoms with Crippen LogP contribution in [0.5, 0.6) is 0 Å². The molecular weight excluding hydrogens is 246 g/mol. The van der Waals surface area contributed by atoms with Crippen molar-refractivity contribution < 1.29 is 5.11 Å². The van der Waals surface area contributed by atoms with Crippen molar-refractivity contribution in [2.24, 2.45) is 0 Å². The van der Waals surface area contributed by atoms with Gasteiger partial charge in [-0.15, -0.1) is 0 Å². The van der Waals surface area contributed by atoms with Gasteiger partial charge in [-0.05, 0) is 23.3 Å². The Hall–Kier alpha value is -1.35. The maximum Gasteiger partial charge on any atom is 0.0626 e. The van der Waals surface area contributed by atoms with Gasteiger partial charge < -0.3 is 10.4 Å². The summed E-state index contributed by atoms with van der Waals surface area (Å²) in [7, 11) is 0. The Morgan fingerprint density at radius 1 is 1.06 bits per heavy atom. The molecule has 0 radical (unpaired) electrons.